The van der Waals surface area contributed by atoms with Crippen molar-refractivity contribution >= 4 is 12.0 Å². The molecule has 1 heterocycles. The van der Waals surface area contributed by atoms with Gasteiger partial charge in [0.2, 0.25) is 5.91 Å². The number of nitrogens with zero attached hydrogens (tertiary/aromatic N) is 1. The normalized spacial score (nSPS) is 18.7. The molecule has 1 saturated heterocycles. The second-order valence-electron chi connectivity index (χ2n) is 8.99. The number of terminal acetylenes is 1. The second kappa shape index (κ2) is 11.9. The molecule has 0 radical (unpaired) electrons. The van der Waals surface area contributed by atoms with Crippen LogP contribution in [0.25, 0.3) is 0 Å². The molecule has 0 aliphatic carbocycles. The summed E-state index contributed by atoms with van der Waals surface area (Å²) in [7, 11) is 0. The van der Waals surface area contributed by atoms with Gasteiger partial charge in [-0.05, 0) is 58.6 Å². The van der Waals surface area contributed by atoms with Gasteiger partial charge in [0, 0.05) is 31.2 Å². The molecule has 0 spiro atoms. The van der Waals surface area contributed by atoms with Crippen LogP contribution in [0.3, 0.4) is 0 Å². The van der Waals surface area contributed by atoms with Crippen LogP contribution in [0.4, 0.5) is 18.0 Å². The third-order valence-electron chi connectivity index (χ3n) is 5.15. The first-order valence-corrected chi connectivity index (χ1v) is 11.0. The van der Waals surface area contributed by atoms with Crippen LogP contribution < -0.4 is 5.32 Å². The highest BCUT2D eigenvalue weighted by atomic mass is 19.2. The van der Waals surface area contributed by atoms with E-state index in [2.05, 4.69) is 11.2 Å². The summed E-state index contributed by atoms with van der Waals surface area (Å²) in [5, 5.41) is 2.50. The lowest BCUT2D eigenvalue weighted by molar-refractivity contribution is -0.136. The molecule has 0 bridgehead atoms. The summed E-state index contributed by atoms with van der Waals surface area (Å²) in [5.41, 5.74) is -1.21. The minimum Gasteiger partial charge on any atom is -0.444 e. The fourth-order valence-corrected chi connectivity index (χ4v) is 3.75. The molecule has 9 heteroatoms. The molecule has 1 N–H and O–H groups in total. The van der Waals surface area contributed by atoms with Crippen molar-refractivity contribution in [1.82, 2.24) is 10.2 Å². The lowest BCUT2D eigenvalue weighted by Crippen LogP contribution is -2.55. The zero-order chi connectivity index (χ0) is 24.6. The highest BCUT2D eigenvalue weighted by Crippen LogP contribution is 2.32. The Kier molecular flexibility index (Phi) is 9.59. The molecule has 2 amide bonds. The largest absolute Gasteiger partial charge is 0.444 e. The smallest absolute Gasteiger partial charge is 0.408 e. The number of amides is 2. The molecule has 1 fully saturated rings. The first kappa shape index (κ1) is 26.5. The van der Waals surface area contributed by atoms with Gasteiger partial charge >= 0.3 is 6.09 Å². The number of rotatable bonds is 9. The predicted octanol–water partition coefficient (Wildman–Crippen LogP) is 4.13. The topological polar surface area (TPSA) is 67.9 Å². The summed E-state index contributed by atoms with van der Waals surface area (Å²) in [4.78, 5) is 26.7. The van der Waals surface area contributed by atoms with Gasteiger partial charge in [-0.2, -0.15) is 0 Å². The number of likely N-dealkylation sites (tertiary alicyclic amines) is 1. The van der Waals surface area contributed by atoms with Crippen LogP contribution in [0.5, 0.6) is 0 Å². The number of hydrogen-bond acceptors (Lipinski definition) is 4. The molecule has 1 aromatic rings. The van der Waals surface area contributed by atoms with Gasteiger partial charge in [-0.15, -0.1) is 6.42 Å². The maximum absolute atomic E-state index is 14.5. The number of unbranched alkanes of at least 4 members (excludes halogenated alkanes) is 2. The number of hydrogen-bond donors (Lipinski definition) is 1. The van der Waals surface area contributed by atoms with Crippen molar-refractivity contribution in [3.05, 3.63) is 35.1 Å². The molecular formula is C24H31F3N2O4. The number of ether oxygens (including phenoxy) is 2. The predicted molar refractivity (Wildman–Crippen MR) is 117 cm³/mol. The van der Waals surface area contributed by atoms with Crippen LogP contribution in [-0.4, -0.2) is 54.8 Å². The third kappa shape index (κ3) is 7.97. The summed E-state index contributed by atoms with van der Waals surface area (Å²) in [5.74, 6) is -2.18. The Labute approximate surface area is 192 Å². The van der Waals surface area contributed by atoms with E-state index in [4.69, 9.17) is 15.9 Å². The molecule has 2 atom stereocenters. The molecule has 1 aromatic carbocycles. The minimum absolute atomic E-state index is 0.0101. The summed E-state index contributed by atoms with van der Waals surface area (Å²) in [6.07, 6.45) is 6.32. The van der Waals surface area contributed by atoms with Crippen LogP contribution >= 0.6 is 0 Å². The molecule has 6 nitrogen and oxygen atoms in total. The number of benzene rings is 1. The SMILES string of the molecule is C#CCOCCCCCN1C[C@H](c2c(F)ccc(F)c2F)C[C@H](NC(=O)OC(C)(C)C)C1=O. The maximum Gasteiger partial charge on any atom is 0.408 e. The van der Waals surface area contributed by atoms with Crippen LogP contribution in [0.15, 0.2) is 12.1 Å². The van der Waals surface area contributed by atoms with Crippen molar-refractivity contribution in [3.8, 4) is 12.3 Å². The molecular weight excluding hydrogens is 437 g/mol. The van der Waals surface area contributed by atoms with E-state index < -0.39 is 46.7 Å². The molecule has 33 heavy (non-hydrogen) atoms. The first-order chi connectivity index (χ1) is 15.5. The number of nitrogens with one attached hydrogen (secondary N) is 1. The van der Waals surface area contributed by atoms with Crippen molar-refractivity contribution in [2.24, 2.45) is 0 Å². The maximum atomic E-state index is 14.5. The van der Waals surface area contributed by atoms with Gasteiger partial charge < -0.3 is 19.7 Å². The quantitative estimate of drug-likeness (QED) is 0.336. The van der Waals surface area contributed by atoms with Crippen molar-refractivity contribution in [2.45, 2.75) is 64.0 Å². The fourth-order valence-electron chi connectivity index (χ4n) is 3.75. The van der Waals surface area contributed by atoms with E-state index in [9.17, 15) is 22.8 Å². The molecule has 1 aliphatic heterocycles. The minimum atomic E-state index is -1.28. The lowest BCUT2D eigenvalue weighted by Gasteiger charge is -2.38. The second-order valence-corrected chi connectivity index (χ2v) is 8.99. The van der Waals surface area contributed by atoms with Gasteiger partial charge in [0.25, 0.3) is 0 Å². The van der Waals surface area contributed by atoms with Crippen LogP contribution in [-0.2, 0) is 14.3 Å². The van der Waals surface area contributed by atoms with Gasteiger partial charge in [0.15, 0.2) is 11.6 Å². The number of halogens is 3. The van der Waals surface area contributed by atoms with E-state index in [0.29, 0.717) is 19.6 Å². The first-order valence-electron chi connectivity index (χ1n) is 11.0. The third-order valence-corrected chi connectivity index (χ3v) is 5.15. The van der Waals surface area contributed by atoms with E-state index in [0.717, 1.165) is 25.0 Å². The van der Waals surface area contributed by atoms with E-state index in [1.54, 1.807) is 20.8 Å². The van der Waals surface area contributed by atoms with E-state index in [-0.39, 0.29) is 25.5 Å². The summed E-state index contributed by atoms with van der Waals surface area (Å²) < 4.78 is 53.2. The monoisotopic (exact) mass is 468 g/mol. The zero-order valence-corrected chi connectivity index (χ0v) is 19.3. The van der Waals surface area contributed by atoms with Crippen molar-refractivity contribution in [3.63, 3.8) is 0 Å². The highest BCUT2D eigenvalue weighted by Gasteiger charge is 2.38. The number of carbonyl (C=O) groups excluding carboxylic acids is 2. The Balaban J connectivity index is 2.14. The summed E-state index contributed by atoms with van der Waals surface area (Å²) in [6.45, 7) is 6.07. The molecule has 0 saturated carbocycles. The lowest BCUT2D eigenvalue weighted by atomic mass is 9.86. The number of alkyl carbamates (subject to hydrolysis) is 1. The molecule has 0 unspecified atom stereocenters. The standard InChI is InChI=1S/C24H31F3N2O4/c1-5-12-32-13-8-6-7-11-29-15-16(20-17(25)9-10-18(26)21(20)27)14-19(22(29)30)28-23(31)33-24(2,3)4/h1,9-10,16,19H,6-8,11-15H2,2-4H3,(H,28,31)/t16-,19+/m1/s1. The average molecular weight is 469 g/mol. The molecule has 0 aromatic heterocycles. The van der Waals surface area contributed by atoms with E-state index >= 15 is 0 Å². The summed E-state index contributed by atoms with van der Waals surface area (Å²) >= 11 is 0. The number of carbonyl (C=O) groups is 2. The van der Waals surface area contributed by atoms with Gasteiger partial charge in [-0.25, -0.2) is 18.0 Å². The van der Waals surface area contributed by atoms with Crippen molar-refractivity contribution < 1.29 is 32.2 Å². The highest BCUT2D eigenvalue weighted by molar-refractivity contribution is 5.86. The van der Waals surface area contributed by atoms with E-state index in [1.165, 1.54) is 4.90 Å². The molecule has 2 rings (SSSR count). The van der Waals surface area contributed by atoms with Crippen molar-refractivity contribution in [1.29, 1.82) is 0 Å². The molecule has 1 aliphatic rings. The van der Waals surface area contributed by atoms with E-state index in [1.807, 2.05) is 0 Å². The Morgan fingerprint density at radius 3 is 2.58 bits per heavy atom. The fraction of sp³-hybridized carbons (Fsp3) is 0.583. The Morgan fingerprint density at radius 2 is 1.91 bits per heavy atom. The average Bonchev–Trinajstić information content (AvgIpc) is 2.72. The summed E-state index contributed by atoms with van der Waals surface area (Å²) in [6, 6.07) is 0.527. The van der Waals surface area contributed by atoms with Crippen molar-refractivity contribution in [2.75, 3.05) is 26.3 Å². The Hall–Kier alpha value is -2.73. The van der Waals surface area contributed by atoms with Gasteiger partial charge in [0.1, 0.15) is 24.1 Å². The zero-order valence-electron chi connectivity index (χ0n) is 19.3. The number of piperidine rings is 1. The van der Waals surface area contributed by atoms with Crippen LogP contribution in [0.1, 0.15) is 57.9 Å². The van der Waals surface area contributed by atoms with Gasteiger partial charge in [0.05, 0.1) is 0 Å². The Morgan fingerprint density at radius 1 is 1.21 bits per heavy atom. The molecule has 182 valence electrons. The van der Waals surface area contributed by atoms with Gasteiger partial charge in [-0.1, -0.05) is 5.92 Å². The van der Waals surface area contributed by atoms with Crippen LogP contribution in [0, 0.1) is 29.8 Å². The van der Waals surface area contributed by atoms with Crippen LogP contribution in [0.2, 0.25) is 0 Å². The Bertz CT molecular complexity index is 880. The van der Waals surface area contributed by atoms with Gasteiger partial charge in [-0.3, -0.25) is 4.79 Å².